The lowest BCUT2D eigenvalue weighted by molar-refractivity contribution is 0.0526. The zero-order chi connectivity index (χ0) is 14.7. The normalized spacial score (nSPS) is 10.3. The van der Waals surface area contributed by atoms with Crippen LogP contribution < -0.4 is 5.73 Å². The standard InChI is InChI=1S/C14H15N3O2S/c1-3-19-14(18)10-7-16-17(8-10)11-4-5-12(13(15)20)9(2)6-11/h4-8H,3H2,1-2H3,(H2,15,20). The molecular formula is C14H15N3O2S. The van der Waals surface area contributed by atoms with Gasteiger partial charge >= 0.3 is 5.97 Å². The van der Waals surface area contributed by atoms with Crippen LogP contribution in [-0.2, 0) is 4.74 Å². The lowest BCUT2D eigenvalue weighted by Crippen LogP contribution is -2.11. The highest BCUT2D eigenvalue weighted by molar-refractivity contribution is 7.80. The van der Waals surface area contributed by atoms with Gasteiger partial charge in [-0.15, -0.1) is 0 Å². The number of ether oxygens (including phenoxy) is 1. The average Bonchev–Trinajstić information content (AvgIpc) is 2.88. The van der Waals surface area contributed by atoms with Crippen molar-refractivity contribution in [2.24, 2.45) is 5.73 Å². The molecule has 0 aliphatic carbocycles. The van der Waals surface area contributed by atoms with E-state index in [-0.39, 0.29) is 5.97 Å². The summed E-state index contributed by atoms with van der Waals surface area (Å²) in [5, 5.41) is 4.16. The van der Waals surface area contributed by atoms with Gasteiger partial charge in [0.15, 0.2) is 0 Å². The largest absolute Gasteiger partial charge is 0.462 e. The number of nitrogens with two attached hydrogens (primary N) is 1. The van der Waals surface area contributed by atoms with Crippen LogP contribution in [-0.4, -0.2) is 27.3 Å². The number of aryl methyl sites for hydroxylation is 1. The summed E-state index contributed by atoms with van der Waals surface area (Å²) in [4.78, 5) is 12.0. The van der Waals surface area contributed by atoms with Crippen molar-refractivity contribution >= 4 is 23.2 Å². The second-order valence-electron chi connectivity index (χ2n) is 4.26. The Morgan fingerprint density at radius 1 is 1.50 bits per heavy atom. The summed E-state index contributed by atoms with van der Waals surface area (Å²) in [7, 11) is 0. The molecule has 6 heteroatoms. The number of esters is 1. The van der Waals surface area contributed by atoms with Gasteiger partial charge in [-0.3, -0.25) is 0 Å². The van der Waals surface area contributed by atoms with Gasteiger partial charge in [0.25, 0.3) is 0 Å². The fourth-order valence-electron chi connectivity index (χ4n) is 1.85. The van der Waals surface area contributed by atoms with E-state index in [1.165, 1.54) is 6.20 Å². The monoisotopic (exact) mass is 289 g/mol. The Morgan fingerprint density at radius 3 is 2.85 bits per heavy atom. The van der Waals surface area contributed by atoms with Crippen LogP contribution in [0.5, 0.6) is 0 Å². The van der Waals surface area contributed by atoms with E-state index in [2.05, 4.69) is 5.10 Å². The van der Waals surface area contributed by atoms with E-state index in [0.717, 1.165) is 16.8 Å². The third-order valence-electron chi connectivity index (χ3n) is 2.83. The Morgan fingerprint density at radius 2 is 2.25 bits per heavy atom. The average molecular weight is 289 g/mol. The van der Waals surface area contributed by atoms with Crippen LogP contribution in [0.4, 0.5) is 0 Å². The van der Waals surface area contributed by atoms with Crippen LogP contribution in [0.25, 0.3) is 5.69 Å². The molecule has 1 aromatic heterocycles. The van der Waals surface area contributed by atoms with Crippen molar-refractivity contribution in [3.05, 3.63) is 47.3 Å². The molecule has 1 heterocycles. The van der Waals surface area contributed by atoms with Crippen LogP contribution in [0.3, 0.4) is 0 Å². The number of hydrogen-bond acceptors (Lipinski definition) is 4. The number of benzene rings is 1. The molecule has 0 amide bonds. The third-order valence-corrected chi connectivity index (χ3v) is 3.05. The van der Waals surface area contributed by atoms with Crippen molar-refractivity contribution in [2.45, 2.75) is 13.8 Å². The van der Waals surface area contributed by atoms with Gasteiger partial charge in [-0.1, -0.05) is 12.2 Å². The minimum Gasteiger partial charge on any atom is -0.462 e. The highest BCUT2D eigenvalue weighted by atomic mass is 32.1. The SMILES string of the molecule is CCOC(=O)c1cnn(-c2ccc(C(N)=S)c(C)c2)c1. The molecule has 104 valence electrons. The molecule has 5 nitrogen and oxygen atoms in total. The number of rotatable bonds is 4. The molecule has 20 heavy (non-hydrogen) atoms. The Balaban J connectivity index is 2.31. The van der Waals surface area contributed by atoms with E-state index < -0.39 is 0 Å². The van der Waals surface area contributed by atoms with Crippen LogP contribution in [0.2, 0.25) is 0 Å². The van der Waals surface area contributed by atoms with Gasteiger partial charge in [0.1, 0.15) is 4.99 Å². The summed E-state index contributed by atoms with van der Waals surface area (Å²) >= 11 is 4.97. The Labute approximate surface area is 122 Å². The molecule has 0 bridgehead atoms. The molecule has 0 spiro atoms. The molecule has 0 unspecified atom stereocenters. The molecule has 0 aliphatic rings. The number of aromatic nitrogens is 2. The molecule has 0 atom stereocenters. The minimum atomic E-state index is -0.379. The van der Waals surface area contributed by atoms with Crippen LogP contribution in [0.15, 0.2) is 30.6 Å². The minimum absolute atomic E-state index is 0.339. The lowest BCUT2D eigenvalue weighted by Gasteiger charge is -2.07. The molecule has 2 aromatic rings. The van der Waals surface area contributed by atoms with Gasteiger partial charge in [-0.2, -0.15) is 5.10 Å². The summed E-state index contributed by atoms with van der Waals surface area (Å²) in [6.45, 7) is 4.03. The van der Waals surface area contributed by atoms with Gasteiger partial charge in [-0.25, -0.2) is 9.48 Å². The predicted octanol–water partition coefficient (Wildman–Crippen LogP) is 1.99. The summed E-state index contributed by atoms with van der Waals surface area (Å²) in [5.41, 5.74) is 8.68. The first-order chi connectivity index (χ1) is 9.52. The molecule has 2 rings (SSSR count). The predicted molar refractivity (Wildman–Crippen MR) is 80.1 cm³/mol. The van der Waals surface area contributed by atoms with E-state index in [4.69, 9.17) is 22.7 Å². The Bertz CT molecular complexity index is 664. The van der Waals surface area contributed by atoms with Crippen molar-refractivity contribution in [3.8, 4) is 5.69 Å². The second kappa shape index (κ2) is 5.83. The molecule has 0 saturated carbocycles. The molecule has 0 fully saturated rings. The number of carbonyl (C=O) groups excluding carboxylic acids is 1. The maximum atomic E-state index is 11.6. The zero-order valence-electron chi connectivity index (χ0n) is 11.3. The van der Waals surface area contributed by atoms with E-state index in [1.54, 1.807) is 17.8 Å². The molecule has 0 radical (unpaired) electrons. The van der Waals surface area contributed by atoms with E-state index in [0.29, 0.717) is 17.2 Å². The fourth-order valence-corrected chi connectivity index (χ4v) is 2.08. The molecule has 0 saturated heterocycles. The van der Waals surface area contributed by atoms with Crippen LogP contribution in [0.1, 0.15) is 28.4 Å². The van der Waals surface area contributed by atoms with E-state index >= 15 is 0 Å². The van der Waals surface area contributed by atoms with Gasteiger partial charge in [-0.05, 0) is 37.6 Å². The van der Waals surface area contributed by atoms with Crippen molar-refractivity contribution in [1.29, 1.82) is 0 Å². The number of nitrogens with zero attached hydrogens (tertiary/aromatic N) is 2. The summed E-state index contributed by atoms with van der Waals surface area (Å²) in [5.74, 6) is -0.379. The summed E-state index contributed by atoms with van der Waals surface area (Å²) in [6.07, 6.45) is 3.11. The number of thiocarbonyl (C=S) groups is 1. The van der Waals surface area contributed by atoms with Crippen molar-refractivity contribution < 1.29 is 9.53 Å². The first-order valence-electron chi connectivity index (χ1n) is 6.15. The number of hydrogen-bond donors (Lipinski definition) is 1. The highest BCUT2D eigenvalue weighted by Gasteiger charge is 2.11. The van der Waals surface area contributed by atoms with Gasteiger partial charge in [0.05, 0.1) is 24.1 Å². The first-order valence-corrected chi connectivity index (χ1v) is 6.56. The molecule has 0 aliphatic heterocycles. The van der Waals surface area contributed by atoms with Gasteiger partial charge in [0, 0.05) is 11.8 Å². The highest BCUT2D eigenvalue weighted by Crippen LogP contribution is 2.15. The van der Waals surface area contributed by atoms with Crippen LogP contribution >= 0.6 is 12.2 Å². The van der Waals surface area contributed by atoms with Crippen molar-refractivity contribution in [1.82, 2.24) is 9.78 Å². The summed E-state index contributed by atoms with van der Waals surface area (Å²) < 4.78 is 6.54. The molecule has 2 N–H and O–H groups in total. The van der Waals surface area contributed by atoms with Crippen molar-refractivity contribution in [3.63, 3.8) is 0 Å². The molecular weight excluding hydrogens is 274 g/mol. The van der Waals surface area contributed by atoms with Gasteiger partial charge in [0.2, 0.25) is 0 Å². The quantitative estimate of drug-likeness (QED) is 0.688. The fraction of sp³-hybridized carbons (Fsp3) is 0.214. The van der Waals surface area contributed by atoms with E-state index in [1.807, 2.05) is 25.1 Å². The smallest absolute Gasteiger partial charge is 0.341 e. The maximum Gasteiger partial charge on any atom is 0.341 e. The van der Waals surface area contributed by atoms with E-state index in [9.17, 15) is 4.79 Å². The van der Waals surface area contributed by atoms with Gasteiger partial charge < -0.3 is 10.5 Å². The second-order valence-corrected chi connectivity index (χ2v) is 4.70. The van der Waals surface area contributed by atoms with Crippen LogP contribution in [0, 0.1) is 6.92 Å². The Hall–Kier alpha value is -2.21. The number of carbonyl (C=O) groups is 1. The zero-order valence-corrected chi connectivity index (χ0v) is 12.1. The maximum absolute atomic E-state index is 11.6. The lowest BCUT2D eigenvalue weighted by atomic mass is 10.1. The third kappa shape index (κ3) is 2.85. The van der Waals surface area contributed by atoms with Crippen molar-refractivity contribution in [2.75, 3.05) is 6.61 Å². The first kappa shape index (κ1) is 14.2. The Kier molecular flexibility index (Phi) is 4.14. The molecule has 1 aromatic carbocycles. The topological polar surface area (TPSA) is 70.1 Å². The summed E-state index contributed by atoms with van der Waals surface area (Å²) in [6, 6.07) is 5.61.